The summed E-state index contributed by atoms with van der Waals surface area (Å²) in [5, 5.41) is 9.48. The molecule has 2 aliphatic rings. The number of pyridine rings is 1. The molecule has 2 atom stereocenters. The average molecular weight is 348 g/mol. The van der Waals surface area contributed by atoms with Gasteiger partial charge in [-0.3, -0.25) is 9.69 Å². The van der Waals surface area contributed by atoms with E-state index in [-0.39, 0.29) is 24.7 Å². The van der Waals surface area contributed by atoms with Crippen molar-refractivity contribution in [1.29, 1.82) is 0 Å². The number of aliphatic hydroxyl groups is 1. The predicted octanol–water partition coefficient (Wildman–Crippen LogP) is 0.202. The van der Waals surface area contributed by atoms with Gasteiger partial charge in [-0.1, -0.05) is 6.07 Å². The van der Waals surface area contributed by atoms with Gasteiger partial charge in [-0.05, 0) is 18.6 Å². The summed E-state index contributed by atoms with van der Waals surface area (Å²) < 4.78 is 5.35. The highest BCUT2D eigenvalue weighted by atomic mass is 16.5. The van der Waals surface area contributed by atoms with Crippen molar-refractivity contribution in [3.05, 3.63) is 24.4 Å². The molecule has 1 amide bonds. The van der Waals surface area contributed by atoms with Gasteiger partial charge in [0.1, 0.15) is 5.82 Å². The Hall–Kier alpha value is -1.70. The van der Waals surface area contributed by atoms with Gasteiger partial charge >= 0.3 is 0 Å². The van der Waals surface area contributed by atoms with Crippen LogP contribution in [0.15, 0.2) is 24.4 Å². The number of piperazine rings is 1. The van der Waals surface area contributed by atoms with Gasteiger partial charge in [-0.15, -0.1) is 0 Å². The Balaban J connectivity index is 1.43. The number of nitrogens with zero attached hydrogens (tertiary/aromatic N) is 4. The van der Waals surface area contributed by atoms with Crippen molar-refractivity contribution in [1.82, 2.24) is 14.8 Å². The zero-order valence-corrected chi connectivity index (χ0v) is 14.9. The lowest BCUT2D eigenvalue weighted by molar-refractivity contribution is -0.133. The molecule has 0 aliphatic carbocycles. The van der Waals surface area contributed by atoms with Crippen LogP contribution in [0.5, 0.6) is 0 Å². The van der Waals surface area contributed by atoms with Crippen LogP contribution in [-0.4, -0.2) is 90.9 Å². The number of ether oxygens (including phenoxy) is 1. The number of rotatable bonds is 6. The minimum absolute atomic E-state index is 0.00828. The molecule has 0 unspecified atom stereocenters. The molecule has 2 aliphatic heterocycles. The molecule has 0 aromatic carbocycles. The number of hydrogen-bond acceptors (Lipinski definition) is 6. The molecule has 3 rings (SSSR count). The van der Waals surface area contributed by atoms with Crippen LogP contribution >= 0.6 is 0 Å². The topological polar surface area (TPSA) is 69.1 Å². The lowest BCUT2D eigenvalue weighted by Crippen LogP contribution is -2.48. The molecule has 2 fully saturated rings. The summed E-state index contributed by atoms with van der Waals surface area (Å²) in [6, 6.07) is 5.87. The van der Waals surface area contributed by atoms with E-state index in [4.69, 9.17) is 4.74 Å². The van der Waals surface area contributed by atoms with Crippen LogP contribution in [0.25, 0.3) is 0 Å². The monoisotopic (exact) mass is 348 g/mol. The van der Waals surface area contributed by atoms with Gasteiger partial charge in [0.15, 0.2) is 0 Å². The van der Waals surface area contributed by atoms with Crippen LogP contribution < -0.4 is 4.90 Å². The highest BCUT2D eigenvalue weighted by Gasteiger charge is 2.34. The average Bonchev–Trinajstić information content (AvgIpc) is 3.11. The molecule has 7 nitrogen and oxygen atoms in total. The number of methoxy groups -OCH3 is 1. The van der Waals surface area contributed by atoms with E-state index in [1.54, 1.807) is 12.0 Å². The molecule has 138 valence electrons. The Morgan fingerprint density at radius 2 is 2.12 bits per heavy atom. The van der Waals surface area contributed by atoms with Crippen LogP contribution in [-0.2, 0) is 9.53 Å². The third-order valence-corrected chi connectivity index (χ3v) is 5.23. The molecule has 3 heterocycles. The summed E-state index contributed by atoms with van der Waals surface area (Å²) >= 11 is 0. The molecular weight excluding hydrogens is 320 g/mol. The van der Waals surface area contributed by atoms with E-state index in [1.165, 1.54) is 0 Å². The summed E-state index contributed by atoms with van der Waals surface area (Å²) in [5.41, 5.74) is 0. The second-order valence-electron chi connectivity index (χ2n) is 6.74. The Morgan fingerprint density at radius 3 is 2.76 bits per heavy atom. The summed E-state index contributed by atoms with van der Waals surface area (Å²) in [6.45, 7) is 5.10. The number of likely N-dealkylation sites (tertiary alicyclic amines) is 1. The Labute approximate surface area is 149 Å². The lowest BCUT2D eigenvalue weighted by atomic mass is 10.2. The summed E-state index contributed by atoms with van der Waals surface area (Å²) in [7, 11) is 1.66. The first kappa shape index (κ1) is 18.1. The number of carbonyl (C=O) groups is 1. The minimum atomic E-state index is -0.0987. The fourth-order valence-electron chi connectivity index (χ4n) is 3.66. The SMILES string of the molecule is CO[C@H]1C[C@@H](CO)N(C(=O)CCN2CCN(c3ccccn3)CC2)C1. The second kappa shape index (κ2) is 8.60. The van der Waals surface area contributed by atoms with E-state index in [0.29, 0.717) is 13.0 Å². The third kappa shape index (κ3) is 4.48. The summed E-state index contributed by atoms with van der Waals surface area (Å²) in [6.07, 6.45) is 3.09. The van der Waals surface area contributed by atoms with E-state index in [1.807, 2.05) is 24.4 Å². The maximum atomic E-state index is 12.5. The maximum absolute atomic E-state index is 12.5. The van der Waals surface area contributed by atoms with Gasteiger partial charge < -0.3 is 19.6 Å². The second-order valence-corrected chi connectivity index (χ2v) is 6.74. The molecule has 0 saturated carbocycles. The zero-order valence-electron chi connectivity index (χ0n) is 14.9. The largest absolute Gasteiger partial charge is 0.394 e. The third-order valence-electron chi connectivity index (χ3n) is 5.23. The van der Waals surface area contributed by atoms with Gasteiger partial charge in [0.2, 0.25) is 5.91 Å². The van der Waals surface area contributed by atoms with Crippen molar-refractivity contribution in [2.45, 2.75) is 25.0 Å². The molecule has 0 spiro atoms. The molecular formula is C18H28N4O3. The summed E-state index contributed by atoms with van der Waals surface area (Å²) in [4.78, 5) is 23.3. The zero-order chi connectivity index (χ0) is 17.6. The predicted molar refractivity (Wildman–Crippen MR) is 95.5 cm³/mol. The number of aliphatic hydroxyl groups excluding tert-OH is 1. The molecule has 0 radical (unpaired) electrons. The number of hydrogen-bond donors (Lipinski definition) is 1. The molecule has 0 bridgehead atoms. The first-order chi connectivity index (χ1) is 12.2. The minimum Gasteiger partial charge on any atom is -0.394 e. The van der Waals surface area contributed by atoms with Gasteiger partial charge in [0.05, 0.1) is 18.8 Å². The molecule has 1 aromatic heterocycles. The van der Waals surface area contributed by atoms with E-state index in [9.17, 15) is 9.90 Å². The normalized spacial score (nSPS) is 24.7. The smallest absolute Gasteiger partial charge is 0.224 e. The van der Waals surface area contributed by atoms with Gasteiger partial charge in [-0.25, -0.2) is 4.98 Å². The number of aromatic nitrogens is 1. The fourth-order valence-corrected chi connectivity index (χ4v) is 3.66. The number of amides is 1. The maximum Gasteiger partial charge on any atom is 0.224 e. The quantitative estimate of drug-likeness (QED) is 0.792. The molecule has 1 N–H and O–H groups in total. The van der Waals surface area contributed by atoms with E-state index in [2.05, 4.69) is 14.8 Å². The van der Waals surface area contributed by atoms with Crippen molar-refractivity contribution in [2.24, 2.45) is 0 Å². The van der Waals surface area contributed by atoms with Gasteiger partial charge in [0.25, 0.3) is 0 Å². The Morgan fingerprint density at radius 1 is 1.32 bits per heavy atom. The number of carbonyl (C=O) groups excluding carboxylic acids is 1. The Kier molecular flexibility index (Phi) is 6.23. The van der Waals surface area contributed by atoms with Crippen LogP contribution in [0, 0.1) is 0 Å². The van der Waals surface area contributed by atoms with Crippen LogP contribution in [0.1, 0.15) is 12.8 Å². The van der Waals surface area contributed by atoms with Gasteiger partial charge in [0, 0.05) is 59.0 Å². The van der Waals surface area contributed by atoms with Crippen molar-refractivity contribution in [3.63, 3.8) is 0 Å². The lowest BCUT2D eigenvalue weighted by Gasteiger charge is -2.35. The van der Waals surface area contributed by atoms with Crippen LogP contribution in [0.4, 0.5) is 5.82 Å². The van der Waals surface area contributed by atoms with E-state index < -0.39 is 0 Å². The molecule has 25 heavy (non-hydrogen) atoms. The van der Waals surface area contributed by atoms with Crippen LogP contribution in [0.3, 0.4) is 0 Å². The highest BCUT2D eigenvalue weighted by Crippen LogP contribution is 2.21. The first-order valence-corrected chi connectivity index (χ1v) is 9.02. The molecule has 2 saturated heterocycles. The van der Waals surface area contributed by atoms with Crippen LogP contribution in [0.2, 0.25) is 0 Å². The van der Waals surface area contributed by atoms with Crippen molar-refractivity contribution in [3.8, 4) is 0 Å². The highest BCUT2D eigenvalue weighted by molar-refractivity contribution is 5.77. The first-order valence-electron chi connectivity index (χ1n) is 9.02. The summed E-state index contributed by atoms with van der Waals surface area (Å²) in [5.74, 6) is 1.14. The fraction of sp³-hybridized carbons (Fsp3) is 0.667. The van der Waals surface area contributed by atoms with Crippen molar-refractivity contribution in [2.75, 3.05) is 57.9 Å². The molecule has 7 heteroatoms. The van der Waals surface area contributed by atoms with Crippen molar-refractivity contribution >= 4 is 11.7 Å². The number of anilines is 1. The standard InChI is InChI=1S/C18H28N4O3/c1-25-16-12-15(14-23)22(13-16)18(24)5-7-20-8-10-21(11-9-20)17-4-2-3-6-19-17/h2-4,6,15-16,23H,5,7-14H2,1H3/t15-,16-/m0/s1. The molecule has 1 aromatic rings. The van der Waals surface area contributed by atoms with Crippen molar-refractivity contribution < 1.29 is 14.6 Å². The van der Waals surface area contributed by atoms with Gasteiger partial charge in [-0.2, -0.15) is 0 Å². The Bertz CT molecular complexity index is 549. The van der Waals surface area contributed by atoms with E-state index in [0.717, 1.165) is 45.0 Å². The van der Waals surface area contributed by atoms with E-state index >= 15 is 0 Å².